The molecule has 0 bridgehead atoms. The molecule has 96 valence electrons. The van der Waals surface area contributed by atoms with E-state index in [1.807, 2.05) is 0 Å². The Kier molecular flexibility index (Phi) is 3.50. The van der Waals surface area contributed by atoms with Crippen LogP contribution in [0.15, 0.2) is 24.3 Å². The van der Waals surface area contributed by atoms with Gasteiger partial charge in [0.15, 0.2) is 0 Å². The van der Waals surface area contributed by atoms with Gasteiger partial charge in [0.25, 0.3) is 0 Å². The fraction of sp³-hybridized carbons (Fsp3) is 0.385. The highest BCUT2D eigenvalue weighted by Crippen LogP contribution is 2.27. The molecular formula is C13H15NO4. The molecule has 0 aromatic heterocycles. The summed E-state index contributed by atoms with van der Waals surface area (Å²) in [5.74, 6) is -0.676. The Bertz CT molecular complexity index is 455. The van der Waals surface area contributed by atoms with Crippen molar-refractivity contribution in [1.82, 2.24) is 0 Å². The van der Waals surface area contributed by atoms with Crippen molar-refractivity contribution in [3.05, 3.63) is 24.3 Å². The van der Waals surface area contributed by atoms with Gasteiger partial charge in [0, 0.05) is 18.7 Å². The van der Waals surface area contributed by atoms with Crippen molar-refractivity contribution in [1.29, 1.82) is 0 Å². The lowest BCUT2D eigenvalue weighted by Gasteiger charge is -2.16. The minimum atomic E-state index is -0.397. The van der Waals surface area contributed by atoms with Gasteiger partial charge in [-0.3, -0.25) is 9.59 Å². The number of amides is 1. The van der Waals surface area contributed by atoms with Crippen LogP contribution in [0.5, 0.6) is 5.75 Å². The summed E-state index contributed by atoms with van der Waals surface area (Å²) in [6, 6.07) is 6.34. The third kappa shape index (κ3) is 2.45. The van der Waals surface area contributed by atoms with Gasteiger partial charge in [-0.2, -0.15) is 0 Å². The maximum absolute atomic E-state index is 11.8. The van der Waals surface area contributed by atoms with Crippen molar-refractivity contribution in [2.24, 2.45) is 5.92 Å². The number of hydrogen-bond donors (Lipinski definition) is 1. The SMILES string of the molecule is CCOC(=O)C1CC(=O)N(c2ccc(O)cc2)C1. The molecule has 2 rings (SSSR count). The van der Waals surface area contributed by atoms with Crippen LogP contribution >= 0.6 is 0 Å². The predicted octanol–water partition coefficient (Wildman–Crippen LogP) is 1.31. The number of phenolic OH excluding ortho intramolecular Hbond substituents is 1. The van der Waals surface area contributed by atoms with E-state index < -0.39 is 5.92 Å². The zero-order valence-corrected chi connectivity index (χ0v) is 10.1. The van der Waals surface area contributed by atoms with Gasteiger partial charge >= 0.3 is 5.97 Å². The van der Waals surface area contributed by atoms with E-state index in [1.54, 1.807) is 24.0 Å². The zero-order chi connectivity index (χ0) is 13.1. The molecule has 1 aromatic carbocycles. The lowest BCUT2D eigenvalue weighted by molar-refractivity contribution is -0.147. The molecule has 0 spiro atoms. The maximum Gasteiger partial charge on any atom is 0.311 e. The van der Waals surface area contributed by atoms with E-state index in [9.17, 15) is 14.7 Å². The average molecular weight is 249 g/mol. The van der Waals surface area contributed by atoms with Gasteiger partial charge in [0.05, 0.1) is 12.5 Å². The first-order valence-corrected chi connectivity index (χ1v) is 5.88. The fourth-order valence-corrected chi connectivity index (χ4v) is 2.01. The Morgan fingerprint density at radius 1 is 1.44 bits per heavy atom. The summed E-state index contributed by atoms with van der Waals surface area (Å²) < 4.78 is 4.92. The molecule has 0 saturated carbocycles. The number of carbonyl (C=O) groups is 2. The quantitative estimate of drug-likeness (QED) is 0.820. The van der Waals surface area contributed by atoms with E-state index in [4.69, 9.17) is 4.74 Å². The molecule has 1 N–H and O–H groups in total. The molecule has 1 amide bonds. The average Bonchev–Trinajstić information content (AvgIpc) is 2.73. The summed E-state index contributed by atoms with van der Waals surface area (Å²) in [5.41, 5.74) is 0.685. The minimum Gasteiger partial charge on any atom is -0.508 e. The van der Waals surface area contributed by atoms with Crippen LogP contribution in [0.4, 0.5) is 5.69 Å². The summed E-state index contributed by atoms with van der Waals surface area (Å²) in [5, 5.41) is 9.20. The second-order valence-corrected chi connectivity index (χ2v) is 4.17. The second kappa shape index (κ2) is 5.08. The monoisotopic (exact) mass is 249 g/mol. The Labute approximate surface area is 105 Å². The van der Waals surface area contributed by atoms with E-state index in [0.29, 0.717) is 18.8 Å². The number of carbonyl (C=O) groups excluding carboxylic acids is 2. The van der Waals surface area contributed by atoms with Gasteiger partial charge in [0.1, 0.15) is 5.75 Å². The highest BCUT2D eigenvalue weighted by molar-refractivity contribution is 5.99. The summed E-state index contributed by atoms with van der Waals surface area (Å²) in [6.07, 6.45) is 0.180. The van der Waals surface area contributed by atoms with E-state index in [1.165, 1.54) is 12.1 Å². The summed E-state index contributed by atoms with van der Waals surface area (Å²) in [6.45, 7) is 2.40. The van der Waals surface area contributed by atoms with E-state index in [-0.39, 0.29) is 24.0 Å². The van der Waals surface area contributed by atoms with Crippen molar-refractivity contribution in [2.45, 2.75) is 13.3 Å². The Morgan fingerprint density at radius 3 is 2.72 bits per heavy atom. The molecule has 1 unspecified atom stereocenters. The molecule has 5 nitrogen and oxygen atoms in total. The predicted molar refractivity (Wildman–Crippen MR) is 65.2 cm³/mol. The number of esters is 1. The molecule has 1 heterocycles. The van der Waals surface area contributed by atoms with Gasteiger partial charge in [-0.1, -0.05) is 0 Å². The van der Waals surface area contributed by atoms with Crippen LogP contribution < -0.4 is 4.90 Å². The first kappa shape index (κ1) is 12.4. The largest absolute Gasteiger partial charge is 0.508 e. The Morgan fingerprint density at radius 2 is 2.11 bits per heavy atom. The standard InChI is InChI=1S/C13H15NO4/c1-2-18-13(17)9-7-12(16)14(8-9)10-3-5-11(15)6-4-10/h3-6,9,15H,2,7-8H2,1H3. The van der Waals surface area contributed by atoms with Crippen LogP contribution in [0.1, 0.15) is 13.3 Å². The van der Waals surface area contributed by atoms with Crippen LogP contribution in [0.3, 0.4) is 0 Å². The highest BCUT2D eigenvalue weighted by atomic mass is 16.5. The van der Waals surface area contributed by atoms with Gasteiger partial charge in [0.2, 0.25) is 5.91 Å². The van der Waals surface area contributed by atoms with E-state index in [0.717, 1.165) is 0 Å². The van der Waals surface area contributed by atoms with E-state index in [2.05, 4.69) is 0 Å². The number of aromatic hydroxyl groups is 1. The summed E-state index contributed by atoms with van der Waals surface area (Å²) in [7, 11) is 0. The fourth-order valence-electron chi connectivity index (χ4n) is 2.01. The number of anilines is 1. The summed E-state index contributed by atoms with van der Waals surface area (Å²) in [4.78, 5) is 25.0. The van der Waals surface area contributed by atoms with Crippen molar-refractivity contribution in [3.8, 4) is 5.75 Å². The molecular weight excluding hydrogens is 234 g/mol. The van der Waals surface area contributed by atoms with Gasteiger partial charge < -0.3 is 14.7 Å². The lowest BCUT2D eigenvalue weighted by Crippen LogP contribution is -2.26. The topological polar surface area (TPSA) is 66.8 Å². The van der Waals surface area contributed by atoms with Crippen LogP contribution in [0, 0.1) is 5.92 Å². The first-order chi connectivity index (χ1) is 8.61. The van der Waals surface area contributed by atoms with Gasteiger partial charge in [-0.25, -0.2) is 0 Å². The second-order valence-electron chi connectivity index (χ2n) is 4.17. The molecule has 1 aliphatic rings. The number of ether oxygens (including phenoxy) is 1. The van der Waals surface area contributed by atoms with Crippen LogP contribution in [0.2, 0.25) is 0 Å². The molecule has 1 aromatic rings. The first-order valence-electron chi connectivity index (χ1n) is 5.88. The number of benzene rings is 1. The lowest BCUT2D eigenvalue weighted by atomic mass is 10.1. The van der Waals surface area contributed by atoms with E-state index >= 15 is 0 Å². The molecule has 1 aliphatic heterocycles. The smallest absolute Gasteiger partial charge is 0.311 e. The molecule has 18 heavy (non-hydrogen) atoms. The maximum atomic E-state index is 11.8. The molecule has 1 atom stereocenters. The Balaban J connectivity index is 2.10. The third-order valence-electron chi connectivity index (χ3n) is 2.91. The van der Waals surface area contributed by atoms with Crippen molar-refractivity contribution in [2.75, 3.05) is 18.1 Å². The number of nitrogens with zero attached hydrogens (tertiary/aromatic N) is 1. The molecule has 0 aliphatic carbocycles. The van der Waals surface area contributed by atoms with Gasteiger partial charge in [-0.05, 0) is 31.2 Å². The highest BCUT2D eigenvalue weighted by Gasteiger charge is 2.35. The number of hydrogen-bond acceptors (Lipinski definition) is 4. The molecule has 1 fully saturated rings. The summed E-state index contributed by atoms with van der Waals surface area (Å²) >= 11 is 0. The number of rotatable bonds is 3. The zero-order valence-electron chi connectivity index (χ0n) is 10.1. The van der Waals surface area contributed by atoms with Crippen molar-refractivity contribution >= 4 is 17.6 Å². The van der Waals surface area contributed by atoms with Crippen molar-refractivity contribution in [3.63, 3.8) is 0 Å². The van der Waals surface area contributed by atoms with Crippen LogP contribution in [-0.2, 0) is 14.3 Å². The van der Waals surface area contributed by atoms with Gasteiger partial charge in [-0.15, -0.1) is 0 Å². The minimum absolute atomic E-state index is 0.0984. The Hall–Kier alpha value is -2.04. The molecule has 0 radical (unpaired) electrons. The number of phenols is 1. The normalized spacial score (nSPS) is 19.1. The van der Waals surface area contributed by atoms with Crippen LogP contribution in [0.25, 0.3) is 0 Å². The molecule has 5 heteroatoms. The van der Waals surface area contributed by atoms with Crippen LogP contribution in [-0.4, -0.2) is 30.1 Å². The molecule has 1 saturated heterocycles. The van der Waals surface area contributed by atoms with Crippen molar-refractivity contribution < 1.29 is 19.4 Å². The third-order valence-corrected chi connectivity index (χ3v) is 2.91.